The van der Waals surface area contributed by atoms with Crippen LogP contribution in [0.2, 0.25) is 0 Å². The van der Waals surface area contributed by atoms with Gasteiger partial charge in [0.2, 0.25) is 0 Å². The van der Waals surface area contributed by atoms with E-state index in [9.17, 15) is 5.11 Å². The highest BCUT2D eigenvalue weighted by Crippen LogP contribution is 2.31. The first-order valence-corrected chi connectivity index (χ1v) is 4.60. The van der Waals surface area contributed by atoms with Crippen molar-refractivity contribution in [2.24, 2.45) is 0 Å². The van der Waals surface area contributed by atoms with Gasteiger partial charge in [-0.15, -0.1) is 0 Å². The summed E-state index contributed by atoms with van der Waals surface area (Å²) in [5, 5.41) is 18.6. The smallest absolute Gasteiger partial charge is 0.141 e. The Labute approximate surface area is 95.4 Å². The lowest BCUT2D eigenvalue weighted by atomic mass is 10.0. The van der Waals surface area contributed by atoms with E-state index in [2.05, 4.69) is 0 Å². The molecule has 0 radical (unpaired) electrons. The minimum absolute atomic E-state index is 0. The Kier molecular flexibility index (Phi) is 3.68. The molecule has 0 atom stereocenters. The first-order valence-electron chi connectivity index (χ1n) is 4.60. The molecule has 2 heteroatoms. The first-order chi connectivity index (χ1) is 7.33. The highest BCUT2D eigenvalue weighted by Gasteiger charge is 2.07. The Hall–Kier alpha value is -2.27. The molecule has 0 aliphatic carbocycles. The topological polar surface area (TPSA) is 44.0 Å². The third-order valence-electron chi connectivity index (χ3n) is 2.24. The van der Waals surface area contributed by atoms with Gasteiger partial charge in [0.15, 0.2) is 0 Å². The molecular formula is C14H13NO. The van der Waals surface area contributed by atoms with E-state index < -0.39 is 0 Å². The van der Waals surface area contributed by atoms with E-state index in [1.807, 2.05) is 36.4 Å². The summed E-state index contributed by atoms with van der Waals surface area (Å²) in [6.07, 6.45) is 0. The molecule has 0 aliphatic heterocycles. The fraction of sp³-hybridized carbons (Fsp3) is 0.0714. The lowest BCUT2D eigenvalue weighted by Gasteiger charge is -2.05. The Morgan fingerprint density at radius 3 is 2.25 bits per heavy atom. The van der Waals surface area contributed by atoms with E-state index >= 15 is 0 Å². The van der Waals surface area contributed by atoms with Crippen molar-refractivity contribution in [3.63, 3.8) is 0 Å². The lowest BCUT2D eigenvalue weighted by Crippen LogP contribution is -1.82. The molecule has 0 fully saturated rings. The molecule has 2 aromatic carbocycles. The van der Waals surface area contributed by atoms with Crippen molar-refractivity contribution in [2.75, 3.05) is 0 Å². The number of nitriles is 1. The Morgan fingerprint density at radius 1 is 0.938 bits per heavy atom. The summed E-state index contributed by atoms with van der Waals surface area (Å²) in [5.41, 5.74) is 1.90. The summed E-state index contributed by atoms with van der Waals surface area (Å²) in [4.78, 5) is 0. The molecular weight excluding hydrogens is 198 g/mol. The van der Waals surface area contributed by atoms with E-state index in [1.54, 1.807) is 18.2 Å². The second kappa shape index (κ2) is 4.99. The molecule has 0 unspecified atom stereocenters. The molecule has 0 aromatic heterocycles. The number of hydrogen-bond donors (Lipinski definition) is 1. The molecule has 16 heavy (non-hydrogen) atoms. The maximum Gasteiger partial charge on any atom is 0.141 e. The van der Waals surface area contributed by atoms with Crippen LogP contribution in [-0.2, 0) is 0 Å². The number of para-hydroxylation sites is 1. The number of rotatable bonds is 1. The largest absolute Gasteiger partial charge is 0.506 e. The molecule has 2 nitrogen and oxygen atoms in total. The fourth-order valence-corrected chi connectivity index (χ4v) is 1.48. The van der Waals surface area contributed by atoms with Gasteiger partial charge >= 0.3 is 0 Å². The zero-order chi connectivity index (χ0) is 10.7. The predicted molar refractivity (Wildman–Crippen MR) is 65.0 cm³/mol. The average molecular weight is 211 g/mol. The monoisotopic (exact) mass is 211 g/mol. The number of phenolic OH excluding ortho intramolecular Hbond substituents is 1. The molecule has 0 spiro atoms. The molecule has 2 aromatic rings. The van der Waals surface area contributed by atoms with Gasteiger partial charge in [0, 0.05) is 5.56 Å². The predicted octanol–water partition coefficient (Wildman–Crippen LogP) is 3.57. The molecule has 0 bridgehead atoms. The average Bonchev–Trinajstić information content (AvgIpc) is 2.30. The molecule has 0 saturated heterocycles. The molecule has 0 amide bonds. The molecule has 0 aliphatic rings. The van der Waals surface area contributed by atoms with Crippen LogP contribution in [0.4, 0.5) is 0 Å². The summed E-state index contributed by atoms with van der Waals surface area (Å²) in [7, 11) is 0. The third-order valence-corrected chi connectivity index (χ3v) is 2.24. The summed E-state index contributed by atoms with van der Waals surface area (Å²) >= 11 is 0. The van der Waals surface area contributed by atoms with Crippen molar-refractivity contribution in [1.29, 1.82) is 5.26 Å². The Morgan fingerprint density at radius 2 is 1.62 bits per heavy atom. The minimum atomic E-state index is 0. The fourth-order valence-electron chi connectivity index (χ4n) is 1.48. The van der Waals surface area contributed by atoms with Gasteiger partial charge in [0.05, 0.1) is 5.56 Å². The number of benzene rings is 2. The van der Waals surface area contributed by atoms with Crippen LogP contribution in [0, 0.1) is 11.3 Å². The van der Waals surface area contributed by atoms with E-state index in [0.717, 1.165) is 5.56 Å². The summed E-state index contributed by atoms with van der Waals surface area (Å²) in [6.45, 7) is 0. The minimum Gasteiger partial charge on any atom is -0.506 e. The van der Waals surface area contributed by atoms with Gasteiger partial charge in [-0.25, -0.2) is 0 Å². The van der Waals surface area contributed by atoms with Crippen molar-refractivity contribution in [3.8, 4) is 22.9 Å². The highest BCUT2D eigenvalue weighted by molar-refractivity contribution is 5.73. The van der Waals surface area contributed by atoms with Crippen LogP contribution >= 0.6 is 0 Å². The number of aromatic hydroxyl groups is 1. The van der Waals surface area contributed by atoms with E-state index in [4.69, 9.17) is 5.26 Å². The van der Waals surface area contributed by atoms with Crippen LogP contribution < -0.4 is 0 Å². The Balaban J connectivity index is 0.00000128. The van der Waals surface area contributed by atoms with E-state index in [1.165, 1.54) is 0 Å². The SMILES string of the molecule is C.N#Cc1cccc(-c2ccccc2)c1O. The number of hydrogen-bond acceptors (Lipinski definition) is 2. The van der Waals surface area contributed by atoms with Crippen molar-refractivity contribution < 1.29 is 5.11 Å². The molecule has 2 rings (SSSR count). The summed E-state index contributed by atoms with van der Waals surface area (Å²) < 4.78 is 0. The maximum atomic E-state index is 9.82. The van der Waals surface area contributed by atoms with Crippen LogP contribution in [-0.4, -0.2) is 5.11 Å². The van der Waals surface area contributed by atoms with Gasteiger partial charge in [-0.3, -0.25) is 0 Å². The summed E-state index contributed by atoms with van der Waals surface area (Å²) in [5.74, 6) is 0.0474. The highest BCUT2D eigenvalue weighted by atomic mass is 16.3. The first kappa shape index (κ1) is 11.8. The number of nitrogens with zero attached hydrogens (tertiary/aromatic N) is 1. The van der Waals surface area contributed by atoms with Gasteiger partial charge in [-0.1, -0.05) is 49.9 Å². The maximum absolute atomic E-state index is 9.82. The van der Waals surface area contributed by atoms with Gasteiger partial charge in [-0.05, 0) is 11.6 Å². The van der Waals surface area contributed by atoms with Crippen LogP contribution in [0.25, 0.3) is 11.1 Å². The molecule has 0 saturated carbocycles. The van der Waals surface area contributed by atoms with Gasteiger partial charge in [0.1, 0.15) is 11.8 Å². The van der Waals surface area contributed by atoms with Crippen LogP contribution in [0.1, 0.15) is 13.0 Å². The molecule has 1 N–H and O–H groups in total. The van der Waals surface area contributed by atoms with Gasteiger partial charge < -0.3 is 5.11 Å². The van der Waals surface area contributed by atoms with Crippen LogP contribution in [0.5, 0.6) is 5.75 Å². The second-order valence-corrected chi connectivity index (χ2v) is 3.18. The molecule has 0 heterocycles. The van der Waals surface area contributed by atoms with E-state index in [-0.39, 0.29) is 13.2 Å². The standard InChI is InChI=1S/C13H9NO.CH4/c14-9-11-7-4-8-12(13(11)15)10-5-2-1-3-6-10;/h1-8,15H;1H4. The van der Waals surface area contributed by atoms with Gasteiger partial charge in [-0.2, -0.15) is 5.26 Å². The van der Waals surface area contributed by atoms with Crippen LogP contribution in [0.3, 0.4) is 0 Å². The zero-order valence-electron chi connectivity index (χ0n) is 8.01. The molecule has 80 valence electrons. The normalized spacial score (nSPS) is 8.94. The third kappa shape index (κ3) is 2.04. The van der Waals surface area contributed by atoms with Crippen LogP contribution in [0.15, 0.2) is 48.5 Å². The second-order valence-electron chi connectivity index (χ2n) is 3.18. The van der Waals surface area contributed by atoms with Crippen molar-refractivity contribution in [1.82, 2.24) is 0 Å². The van der Waals surface area contributed by atoms with Crippen molar-refractivity contribution in [3.05, 3.63) is 54.1 Å². The van der Waals surface area contributed by atoms with Crippen molar-refractivity contribution >= 4 is 0 Å². The van der Waals surface area contributed by atoms with Gasteiger partial charge in [0.25, 0.3) is 0 Å². The quantitative estimate of drug-likeness (QED) is 0.783. The number of phenols is 1. The Bertz CT molecular complexity index is 512. The summed E-state index contributed by atoms with van der Waals surface area (Å²) in [6, 6.07) is 16.6. The van der Waals surface area contributed by atoms with E-state index in [0.29, 0.717) is 11.1 Å². The lowest BCUT2D eigenvalue weighted by molar-refractivity contribution is 0.475. The van der Waals surface area contributed by atoms with Crippen molar-refractivity contribution in [2.45, 2.75) is 7.43 Å². The zero-order valence-corrected chi connectivity index (χ0v) is 8.01.